The zero-order chi connectivity index (χ0) is 19.7. The van der Waals surface area contributed by atoms with Gasteiger partial charge >= 0.3 is 0 Å². The normalized spacial score (nSPS) is 26.1. The molecule has 28 heavy (non-hydrogen) atoms. The molecule has 2 bridgehead atoms. The van der Waals surface area contributed by atoms with Crippen molar-refractivity contribution in [3.05, 3.63) is 35.9 Å². The lowest BCUT2D eigenvalue weighted by molar-refractivity contribution is -0.114. The van der Waals surface area contributed by atoms with E-state index in [-0.39, 0.29) is 17.9 Å². The van der Waals surface area contributed by atoms with Crippen LogP contribution in [0.25, 0.3) is 0 Å². The van der Waals surface area contributed by atoms with Gasteiger partial charge in [0.2, 0.25) is 11.8 Å². The first-order chi connectivity index (χ1) is 13.5. The largest absolute Gasteiger partial charge is 0.347 e. The smallest absolute Gasteiger partial charge is 0.251 e. The molecule has 3 saturated heterocycles. The molecule has 2 N–H and O–H groups in total. The van der Waals surface area contributed by atoms with E-state index in [1.54, 1.807) is 6.07 Å². The number of benzene rings is 1. The van der Waals surface area contributed by atoms with Crippen molar-refractivity contribution in [2.45, 2.75) is 48.7 Å². The van der Waals surface area contributed by atoms with Crippen LogP contribution in [0.3, 0.4) is 0 Å². The minimum absolute atomic E-state index is 0.0171. The number of nitrogens with zero attached hydrogens (tertiary/aromatic N) is 2. The molecule has 4 heterocycles. The molecule has 3 aliphatic heterocycles. The molecule has 1 aromatic heterocycles. The fraction of sp³-hybridized carbons (Fsp3) is 0.450. The molecular formula is C20H24N4O3S. The van der Waals surface area contributed by atoms with Crippen molar-refractivity contribution in [3.8, 4) is 0 Å². The highest BCUT2D eigenvalue weighted by molar-refractivity contribution is 7.99. The van der Waals surface area contributed by atoms with Gasteiger partial charge in [-0.3, -0.25) is 19.8 Å². The fourth-order valence-corrected chi connectivity index (χ4v) is 4.87. The van der Waals surface area contributed by atoms with Gasteiger partial charge < -0.3 is 9.84 Å². The number of carbonyl (C=O) groups is 2. The topological polar surface area (TPSA) is 87.5 Å². The second-order valence-electron chi connectivity index (χ2n) is 7.45. The third kappa shape index (κ3) is 4.07. The van der Waals surface area contributed by atoms with Crippen molar-refractivity contribution in [2.75, 3.05) is 18.4 Å². The summed E-state index contributed by atoms with van der Waals surface area (Å²) >= 11 is 1.41. The van der Waals surface area contributed by atoms with E-state index in [2.05, 4.69) is 27.6 Å². The molecule has 0 saturated carbocycles. The van der Waals surface area contributed by atoms with Crippen molar-refractivity contribution in [3.63, 3.8) is 0 Å². The monoisotopic (exact) mass is 400 g/mol. The summed E-state index contributed by atoms with van der Waals surface area (Å²) in [6.07, 6.45) is 2.34. The zero-order valence-electron chi connectivity index (χ0n) is 16.0. The number of amides is 2. The molecule has 3 fully saturated rings. The van der Waals surface area contributed by atoms with E-state index in [4.69, 9.17) is 4.52 Å². The molecule has 0 radical (unpaired) electrons. The van der Waals surface area contributed by atoms with Gasteiger partial charge in [-0.05, 0) is 63.0 Å². The predicted octanol–water partition coefficient (Wildman–Crippen LogP) is 3.00. The van der Waals surface area contributed by atoms with Gasteiger partial charge in [0.15, 0.2) is 0 Å². The van der Waals surface area contributed by atoms with Gasteiger partial charge in [0.05, 0.1) is 0 Å². The van der Waals surface area contributed by atoms with E-state index in [1.807, 2.05) is 24.3 Å². The summed E-state index contributed by atoms with van der Waals surface area (Å²) < 4.78 is 5.06. The van der Waals surface area contributed by atoms with Crippen LogP contribution < -0.4 is 10.6 Å². The third-order valence-electron chi connectivity index (χ3n) is 5.60. The number of rotatable bonds is 5. The highest BCUT2D eigenvalue weighted by Crippen LogP contribution is 2.32. The van der Waals surface area contributed by atoms with Crippen LogP contribution in [0.1, 0.15) is 37.0 Å². The van der Waals surface area contributed by atoms with Gasteiger partial charge in [0.1, 0.15) is 5.03 Å². The predicted molar refractivity (Wildman–Crippen MR) is 106 cm³/mol. The van der Waals surface area contributed by atoms with Crippen LogP contribution in [0.4, 0.5) is 5.88 Å². The quantitative estimate of drug-likeness (QED) is 0.802. The Bertz CT molecular complexity index is 857. The molecule has 8 heteroatoms. The standard InChI is InChI=1S/C20H24N4O3S/c1-12-19(14-7-9-24(12)10-8-14)22-20(26)15-3-5-16(6-4-15)28-18-11-17(27-23-18)21-13(2)25/h3-6,11-12,14,19H,7-10H2,1-2H3,(H,21,25)(H,22,26). The molecule has 0 spiro atoms. The fourth-order valence-electron chi connectivity index (χ4n) is 4.11. The van der Waals surface area contributed by atoms with Crippen LogP contribution in [0.15, 0.2) is 44.8 Å². The van der Waals surface area contributed by atoms with E-state index < -0.39 is 0 Å². The Hall–Kier alpha value is -2.32. The maximum Gasteiger partial charge on any atom is 0.251 e. The molecule has 2 amide bonds. The van der Waals surface area contributed by atoms with Gasteiger partial charge in [-0.25, -0.2) is 0 Å². The van der Waals surface area contributed by atoms with Crippen molar-refractivity contribution >= 4 is 29.5 Å². The third-order valence-corrected chi connectivity index (χ3v) is 6.51. The first kappa shape index (κ1) is 19.0. The first-order valence-corrected chi connectivity index (χ1v) is 10.4. The number of carbonyl (C=O) groups excluding carboxylic acids is 2. The first-order valence-electron chi connectivity index (χ1n) is 9.57. The minimum atomic E-state index is -0.208. The average molecular weight is 401 g/mol. The molecule has 2 unspecified atom stereocenters. The summed E-state index contributed by atoms with van der Waals surface area (Å²) in [6.45, 7) is 5.92. The van der Waals surface area contributed by atoms with E-state index >= 15 is 0 Å². The maximum atomic E-state index is 12.7. The van der Waals surface area contributed by atoms with Gasteiger partial charge in [-0.15, -0.1) is 0 Å². The molecule has 5 rings (SSSR count). The lowest BCUT2D eigenvalue weighted by Crippen LogP contribution is -2.62. The van der Waals surface area contributed by atoms with E-state index in [9.17, 15) is 9.59 Å². The average Bonchev–Trinajstić information content (AvgIpc) is 3.11. The number of hydrogen-bond donors (Lipinski definition) is 2. The number of piperidine rings is 3. The summed E-state index contributed by atoms with van der Waals surface area (Å²) in [5.41, 5.74) is 0.659. The van der Waals surface area contributed by atoms with E-state index in [1.165, 1.54) is 31.5 Å². The number of aromatic nitrogens is 1. The summed E-state index contributed by atoms with van der Waals surface area (Å²) in [7, 11) is 0. The molecule has 148 valence electrons. The Balaban J connectivity index is 1.37. The Labute approximate surface area is 168 Å². The van der Waals surface area contributed by atoms with Crippen molar-refractivity contribution in [1.82, 2.24) is 15.4 Å². The second kappa shape index (κ2) is 7.97. The van der Waals surface area contributed by atoms with E-state index in [0.717, 1.165) is 18.0 Å². The summed E-state index contributed by atoms with van der Waals surface area (Å²) in [6, 6.07) is 9.75. The number of nitrogens with one attached hydrogen (secondary N) is 2. The maximum absolute atomic E-state index is 12.7. The highest BCUT2D eigenvalue weighted by atomic mass is 32.2. The Morgan fingerprint density at radius 2 is 1.93 bits per heavy atom. The summed E-state index contributed by atoms with van der Waals surface area (Å²) in [5, 5.41) is 10.4. The SMILES string of the molecule is CC(=O)Nc1cc(Sc2ccc(C(=O)NC3C4CCN(CC4)C3C)cc2)no1. The number of anilines is 1. The molecule has 2 aromatic rings. The van der Waals surface area contributed by atoms with Crippen molar-refractivity contribution < 1.29 is 14.1 Å². The summed E-state index contributed by atoms with van der Waals surface area (Å²) in [5.74, 6) is 0.679. The van der Waals surface area contributed by atoms with Crippen molar-refractivity contribution in [1.29, 1.82) is 0 Å². The molecule has 0 aliphatic carbocycles. The second-order valence-corrected chi connectivity index (χ2v) is 8.54. The molecule has 3 aliphatic rings. The van der Waals surface area contributed by atoms with Gasteiger partial charge in [-0.2, -0.15) is 0 Å². The van der Waals surface area contributed by atoms with Gasteiger partial charge in [0, 0.05) is 35.5 Å². The number of fused-ring (bicyclic) bond motifs is 3. The highest BCUT2D eigenvalue weighted by Gasteiger charge is 2.40. The lowest BCUT2D eigenvalue weighted by atomic mass is 9.79. The van der Waals surface area contributed by atoms with Gasteiger partial charge in [-0.1, -0.05) is 16.9 Å². The Morgan fingerprint density at radius 1 is 1.21 bits per heavy atom. The van der Waals surface area contributed by atoms with Crippen LogP contribution in [-0.2, 0) is 4.79 Å². The molecule has 7 nitrogen and oxygen atoms in total. The van der Waals surface area contributed by atoms with Crippen LogP contribution >= 0.6 is 11.8 Å². The van der Waals surface area contributed by atoms with Crippen molar-refractivity contribution in [2.24, 2.45) is 5.92 Å². The van der Waals surface area contributed by atoms with Gasteiger partial charge in [0.25, 0.3) is 5.91 Å². The zero-order valence-corrected chi connectivity index (χ0v) is 16.8. The number of hydrogen-bond acceptors (Lipinski definition) is 6. The van der Waals surface area contributed by atoms with E-state index in [0.29, 0.717) is 28.4 Å². The molecular weight excluding hydrogens is 376 g/mol. The Morgan fingerprint density at radius 3 is 2.57 bits per heavy atom. The van der Waals surface area contributed by atoms with Crippen LogP contribution in [0, 0.1) is 5.92 Å². The lowest BCUT2D eigenvalue weighted by Gasteiger charge is -2.49. The summed E-state index contributed by atoms with van der Waals surface area (Å²) in [4.78, 5) is 27.2. The molecule has 2 atom stereocenters. The van der Waals surface area contributed by atoms with Crippen LogP contribution in [0.2, 0.25) is 0 Å². The molecule has 1 aromatic carbocycles. The Kier molecular flexibility index (Phi) is 5.41. The van der Waals surface area contributed by atoms with Crippen LogP contribution in [-0.4, -0.2) is 47.0 Å². The minimum Gasteiger partial charge on any atom is -0.347 e. The van der Waals surface area contributed by atoms with Crippen LogP contribution in [0.5, 0.6) is 0 Å².